The molecular formula is C16H17F2NO2. The summed E-state index contributed by atoms with van der Waals surface area (Å²) >= 11 is 0. The van der Waals surface area contributed by atoms with Gasteiger partial charge in [-0.15, -0.1) is 0 Å². The first-order valence-corrected chi connectivity index (χ1v) is 6.63. The molecule has 3 nitrogen and oxygen atoms in total. The van der Waals surface area contributed by atoms with Gasteiger partial charge in [-0.2, -0.15) is 8.78 Å². The molecule has 0 heterocycles. The van der Waals surface area contributed by atoms with Crippen molar-refractivity contribution in [2.45, 2.75) is 19.6 Å². The summed E-state index contributed by atoms with van der Waals surface area (Å²) in [4.78, 5) is 0. The van der Waals surface area contributed by atoms with Gasteiger partial charge in [0.2, 0.25) is 0 Å². The second kappa shape index (κ2) is 7.04. The van der Waals surface area contributed by atoms with Crippen LogP contribution in [0.25, 0.3) is 0 Å². The molecule has 2 aromatic rings. The molecule has 0 radical (unpaired) electrons. The lowest BCUT2D eigenvalue weighted by Gasteiger charge is -2.14. The van der Waals surface area contributed by atoms with Crippen LogP contribution in [0.4, 0.5) is 8.78 Å². The Bertz CT molecular complexity index is 573. The van der Waals surface area contributed by atoms with Crippen molar-refractivity contribution < 1.29 is 18.3 Å². The highest BCUT2D eigenvalue weighted by Gasteiger charge is 2.11. The maximum Gasteiger partial charge on any atom is 0.387 e. The largest absolute Gasteiger partial charge is 0.494 e. The van der Waals surface area contributed by atoms with Crippen LogP contribution in [0.5, 0.6) is 11.5 Å². The molecule has 112 valence electrons. The summed E-state index contributed by atoms with van der Waals surface area (Å²) in [6.07, 6.45) is 0. The second-order valence-corrected chi connectivity index (χ2v) is 4.43. The zero-order valence-corrected chi connectivity index (χ0v) is 11.6. The van der Waals surface area contributed by atoms with Gasteiger partial charge in [-0.05, 0) is 42.3 Å². The quantitative estimate of drug-likeness (QED) is 0.882. The van der Waals surface area contributed by atoms with Gasteiger partial charge < -0.3 is 15.2 Å². The van der Waals surface area contributed by atoms with Gasteiger partial charge in [-0.3, -0.25) is 0 Å². The van der Waals surface area contributed by atoms with E-state index in [4.69, 9.17) is 10.5 Å². The molecule has 0 amide bonds. The van der Waals surface area contributed by atoms with E-state index >= 15 is 0 Å². The average Bonchev–Trinajstić information content (AvgIpc) is 2.47. The lowest BCUT2D eigenvalue weighted by Crippen LogP contribution is -2.12. The maximum absolute atomic E-state index is 12.2. The van der Waals surface area contributed by atoms with Crippen LogP contribution in [-0.2, 0) is 0 Å². The van der Waals surface area contributed by atoms with Crippen molar-refractivity contribution in [2.24, 2.45) is 5.73 Å². The number of halogens is 2. The van der Waals surface area contributed by atoms with E-state index in [1.807, 2.05) is 31.2 Å². The summed E-state index contributed by atoms with van der Waals surface area (Å²) < 4.78 is 34.2. The molecule has 2 N–H and O–H groups in total. The first kappa shape index (κ1) is 15.3. The van der Waals surface area contributed by atoms with Crippen LogP contribution in [0, 0.1) is 0 Å². The third-order valence-corrected chi connectivity index (χ3v) is 2.99. The second-order valence-electron chi connectivity index (χ2n) is 4.43. The molecule has 21 heavy (non-hydrogen) atoms. The van der Waals surface area contributed by atoms with Crippen molar-refractivity contribution in [3.05, 3.63) is 59.7 Å². The molecular weight excluding hydrogens is 276 g/mol. The summed E-state index contributed by atoms with van der Waals surface area (Å²) in [5.74, 6) is 0.868. The number of alkyl halides is 2. The number of ether oxygens (including phenoxy) is 2. The number of hydrogen-bond donors (Lipinski definition) is 1. The Morgan fingerprint density at radius 1 is 1.00 bits per heavy atom. The van der Waals surface area contributed by atoms with Gasteiger partial charge >= 0.3 is 6.61 Å². The van der Waals surface area contributed by atoms with Gasteiger partial charge in [0, 0.05) is 0 Å². The molecule has 1 unspecified atom stereocenters. The van der Waals surface area contributed by atoms with E-state index in [2.05, 4.69) is 4.74 Å². The van der Waals surface area contributed by atoms with E-state index in [1.54, 1.807) is 12.1 Å². The molecule has 2 aromatic carbocycles. The van der Waals surface area contributed by atoms with Crippen molar-refractivity contribution in [3.8, 4) is 11.5 Å². The minimum atomic E-state index is -2.85. The zero-order chi connectivity index (χ0) is 15.2. The van der Waals surface area contributed by atoms with Gasteiger partial charge in [0.1, 0.15) is 11.5 Å². The molecule has 0 saturated carbocycles. The molecule has 0 aliphatic carbocycles. The fourth-order valence-corrected chi connectivity index (χ4v) is 2.01. The van der Waals surface area contributed by atoms with Crippen LogP contribution in [-0.4, -0.2) is 13.2 Å². The molecule has 5 heteroatoms. The van der Waals surface area contributed by atoms with Crippen LogP contribution in [0.2, 0.25) is 0 Å². The fraction of sp³-hybridized carbons (Fsp3) is 0.250. The van der Waals surface area contributed by atoms with Crippen molar-refractivity contribution in [1.82, 2.24) is 0 Å². The summed E-state index contributed by atoms with van der Waals surface area (Å²) in [6, 6.07) is 13.4. The highest BCUT2D eigenvalue weighted by molar-refractivity contribution is 5.38. The lowest BCUT2D eigenvalue weighted by molar-refractivity contribution is -0.0498. The number of hydrogen-bond acceptors (Lipinski definition) is 3. The Balaban J connectivity index is 2.16. The van der Waals surface area contributed by atoms with E-state index in [0.717, 1.165) is 11.3 Å². The Hall–Kier alpha value is -2.14. The summed E-state index contributed by atoms with van der Waals surface area (Å²) in [5, 5.41) is 0. The van der Waals surface area contributed by atoms with Crippen LogP contribution < -0.4 is 15.2 Å². The van der Waals surface area contributed by atoms with E-state index in [1.165, 1.54) is 12.1 Å². The van der Waals surface area contributed by atoms with E-state index in [-0.39, 0.29) is 5.75 Å². The van der Waals surface area contributed by atoms with E-state index in [0.29, 0.717) is 12.2 Å². The third-order valence-electron chi connectivity index (χ3n) is 2.99. The highest BCUT2D eigenvalue weighted by Crippen LogP contribution is 2.25. The molecule has 0 bridgehead atoms. The minimum absolute atomic E-state index is 0.101. The fourth-order valence-electron chi connectivity index (χ4n) is 2.01. The number of rotatable bonds is 6. The van der Waals surface area contributed by atoms with Crippen LogP contribution >= 0.6 is 0 Å². The first-order valence-electron chi connectivity index (χ1n) is 6.63. The molecule has 0 aliphatic rings. The third kappa shape index (κ3) is 4.16. The monoisotopic (exact) mass is 293 g/mol. The lowest BCUT2D eigenvalue weighted by atomic mass is 9.99. The van der Waals surface area contributed by atoms with Crippen molar-refractivity contribution >= 4 is 0 Å². The first-order chi connectivity index (χ1) is 10.1. The zero-order valence-electron chi connectivity index (χ0n) is 11.6. The molecule has 1 atom stereocenters. The maximum atomic E-state index is 12.2. The average molecular weight is 293 g/mol. The SMILES string of the molecule is CCOc1ccc(C(N)c2cccc(OC(F)F)c2)cc1. The van der Waals surface area contributed by atoms with E-state index in [9.17, 15) is 8.78 Å². The minimum Gasteiger partial charge on any atom is -0.494 e. The summed E-state index contributed by atoms with van der Waals surface area (Å²) in [5.41, 5.74) is 7.73. The topological polar surface area (TPSA) is 44.5 Å². The molecule has 0 fully saturated rings. The van der Waals surface area contributed by atoms with Gasteiger partial charge in [-0.25, -0.2) is 0 Å². The highest BCUT2D eigenvalue weighted by atomic mass is 19.3. The number of benzene rings is 2. The van der Waals surface area contributed by atoms with Crippen LogP contribution in [0.3, 0.4) is 0 Å². The Morgan fingerprint density at radius 3 is 2.33 bits per heavy atom. The summed E-state index contributed by atoms with van der Waals surface area (Å²) in [6.45, 7) is -0.339. The van der Waals surface area contributed by atoms with Gasteiger partial charge in [-0.1, -0.05) is 24.3 Å². The molecule has 0 aromatic heterocycles. The van der Waals surface area contributed by atoms with Gasteiger partial charge in [0.15, 0.2) is 0 Å². The predicted molar refractivity (Wildman–Crippen MR) is 76.7 cm³/mol. The van der Waals surface area contributed by atoms with Gasteiger partial charge in [0.25, 0.3) is 0 Å². The smallest absolute Gasteiger partial charge is 0.387 e. The van der Waals surface area contributed by atoms with Crippen molar-refractivity contribution in [1.29, 1.82) is 0 Å². The molecule has 0 aliphatic heterocycles. The van der Waals surface area contributed by atoms with Crippen LogP contribution in [0.1, 0.15) is 24.1 Å². The molecule has 0 spiro atoms. The molecule has 0 saturated heterocycles. The van der Waals surface area contributed by atoms with Crippen molar-refractivity contribution in [2.75, 3.05) is 6.61 Å². The Morgan fingerprint density at radius 2 is 1.71 bits per heavy atom. The molecule has 2 rings (SSSR count). The standard InChI is InChI=1S/C16H17F2NO2/c1-2-20-13-8-6-11(7-9-13)15(19)12-4-3-5-14(10-12)21-16(17)18/h3-10,15-16H,2,19H2,1H3. The van der Waals surface area contributed by atoms with Crippen LogP contribution in [0.15, 0.2) is 48.5 Å². The predicted octanol–water partition coefficient (Wildman–Crippen LogP) is 3.73. The van der Waals surface area contributed by atoms with Gasteiger partial charge in [0.05, 0.1) is 12.6 Å². The number of nitrogens with two attached hydrogens (primary N) is 1. The normalized spacial score (nSPS) is 12.2. The Labute approximate surface area is 122 Å². The van der Waals surface area contributed by atoms with E-state index < -0.39 is 12.7 Å². The summed E-state index contributed by atoms with van der Waals surface area (Å²) in [7, 11) is 0. The van der Waals surface area contributed by atoms with Crippen molar-refractivity contribution in [3.63, 3.8) is 0 Å². The Kier molecular flexibility index (Phi) is 5.11.